The van der Waals surface area contributed by atoms with Crippen LogP contribution in [0.15, 0.2) is 66.9 Å². The van der Waals surface area contributed by atoms with Gasteiger partial charge in [-0.25, -0.2) is 4.98 Å². The molecular formula is C20H17N3O4. The molecule has 0 aliphatic carbocycles. The first-order valence-corrected chi connectivity index (χ1v) is 8.24. The second-order valence-electron chi connectivity index (χ2n) is 5.91. The fourth-order valence-electron chi connectivity index (χ4n) is 2.46. The van der Waals surface area contributed by atoms with Crippen molar-refractivity contribution in [3.63, 3.8) is 0 Å². The number of anilines is 1. The van der Waals surface area contributed by atoms with Gasteiger partial charge in [0.25, 0.3) is 5.69 Å². The molecule has 0 unspecified atom stereocenters. The van der Waals surface area contributed by atoms with Crippen LogP contribution in [0.2, 0.25) is 0 Å². The highest BCUT2D eigenvalue weighted by atomic mass is 16.6. The zero-order valence-electron chi connectivity index (χ0n) is 14.6. The first-order valence-electron chi connectivity index (χ1n) is 8.24. The van der Waals surface area contributed by atoms with Gasteiger partial charge in [0.15, 0.2) is 0 Å². The Labute approximate surface area is 155 Å². The fourth-order valence-corrected chi connectivity index (χ4v) is 2.46. The zero-order chi connectivity index (χ0) is 19.2. The third-order valence-electron chi connectivity index (χ3n) is 3.80. The molecule has 1 amide bonds. The number of amides is 1. The van der Waals surface area contributed by atoms with Gasteiger partial charge in [0.1, 0.15) is 5.75 Å². The van der Waals surface area contributed by atoms with E-state index in [0.29, 0.717) is 22.9 Å². The molecule has 0 aliphatic rings. The van der Waals surface area contributed by atoms with Gasteiger partial charge in [0, 0.05) is 17.7 Å². The number of aryl methyl sites for hydroxylation is 1. The monoisotopic (exact) mass is 363 g/mol. The molecule has 0 fully saturated rings. The zero-order valence-corrected chi connectivity index (χ0v) is 14.6. The first kappa shape index (κ1) is 18.1. The number of ether oxygens (including phenoxy) is 1. The van der Waals surface area contributed by atoms with Gasteiger partial charge < -0.3 is 10.1 Å². The predicted molar refractivity (Wildman–Crippen MR) is 101 cm³/mol. The van der Waals surface area contributed by atoms with E-state index in [1.165, 1.54) is 12.3 Å². The van der Waals surface area contributed by atoms with Gasteiger partial charge in [-0.05, 0) is 25.1 Å². The van der Waals surface area contributed by atoms with Gasteiger partial charge in [-0.15, -0.1) is 0 Å². The van der Waals surface area contributed by atoms with Crippen LogP contribution in [0.25, 0.3) is 0 Å². The van der Waals surface area contributed by atoms with Crippen LogP contribution < -0.4 is 10.1 Å². The number of nitrogens with one attached hydrogen (secondary N) is 1. The summed E-state index contributed by atoms with van der Waals surface area (Å²) in [6, 6.07) is 17.0. The van der Waals surface area contributed by atoms with Crippen LogP contribution >= 0.6 is 0 Å². The highest BCUT2D eigenvalue weighted by Gasteiger charge is 2.15. The fraction of sp³-hybridized carbons (Fsp3) is 0.100. The highest BCUT2D eigenvalue weighted by Crippen LogP contribution is 2.22. The Hall–Kier alpha value is -3.74. The minimum atomic E-state index is -0.499. The minimum Gasteiger partial charge on any atom is -0.439 e. The van der Waals surface area contributed by atoms with Crippen molar-refractivity contribution in [2.45, 2.75) is 13.3 Å². The van der Waals surface area contributed by atoms with E-state index in [0.717, 1.165) is 5.56 Å². The highest BCUT2D eigenvalue weighted by molar-refractivity contribution is 5.92. The number of carbonyl (C=O) groups is 1. The van der Waals surface area contributed by atoms with Crippen molar-refractivity contribution in [1.82, 2.24) is 4.98 Å². The molecule has 1 N–H and O–H groups in total. The number of carbonyl (C=O) groups excluding carboxylic acids is 1. The number of para-hydroxylation sites is 1. The maximum atomic E-state index is 12.2. The standard InChI is InChI=1S/C20H17N3O4/c1-14-6-9-17(10-7-14)27-20-11-8-16(13-21-20)22-19(24)12-15-4-2-3-5-18(15)23(25)26/h2-11,13H,12H2,1H3,(H,22,24). The number of rotatable bonds is 6. The predicted octanol–water partition coefficient (Wildman–Crippen LogP) is 4.27. The lowest BCUT2D eigenvalue weighted by Crippen LogP contribution is -2.15. The van der Waals surface area contributed by atoms with Gasteiger partial charge in [0.05, 0.1) is 23.2 Å². The second kappa shape index (κ2) is 8.09. The summed E-state index contributed by atoms with van der Waals surface area (Å²) >= 11 is 0. The molecule has 2 aromatic carbocycles. The normalized spacial score (nSPS) is 10.3. The van der Waals surface area contributed by atoms with E-state index in [1.54, 1.807) is 30.3 Å². The summed E-state index contributed by atoms with van der Waals surface area (Å²) in [5, 5.41) is 13.7. The number of hydrogen-bond acceptors (Lipinski definition) is 5. The van der Waals surface area contributed by atoms with E-state index in [9.17, 15) is 14.9 Å². The van der Waals surface area contributed by atoms with Crippen molar-refractivity contribution in [1.29, 1.82) is 0 Å². The van der Waals surface area contributed by atoms with Crippen LogP contribution in [0, 0.1) is 17.0 Å². The number of hydrogen-bond donors (Lipinski definition) is 1. The maximum Gasteiger partial charge on any atom is 0.273 e. The molecule has 1 aromatic heterocycles. The van der Waals surface area contributed by atoms with Crippen LogP contribution in [0.1, 0.15) is 11.1 Å². The van der Waals surface area contributed by atoms with E-state index in [-0.39, 0.29) is 18.0 Å². The average Bonchev–Trinajstić information content (AvgIpc) is 2.65. The number of nitro benzene ring substituents is 1. The molecule has 27 heavy (non-hydrogen) atoms. The summed E-state index contributed by atoms with van der Waals surface area (Å²) in [4.78, 5) is 26.8. The van der Waals surface area contributed by atoms with Crippen molar-refractivity contribution in [2.24, 2.45) is 0 Å². The molecule has 0 spiro atoms. The van der Waals surface area contributed by atoms with E-state index in [1.807, 2.05) is 31.2 Å². The van der Waals surface area contributed by atoms with Gasteiger partial charge >= 0.3 is 0 Å². The largest absolute Gasteiger partial charge is 0.439 e. The molecule has 3 aromatic rings. The van der Waals surface area contributed by atoms with Crippen LogP contribution in [0.4, 0.5) is 11.4 Å². The number of nitrogens with zero attached hydrogens (tertiary/aromatic N) is 2. The first-order chi connectivity index (χ1) is 13.0. The molecule has 0 saturated carbocycles. The Bertz CT molecular complexity index is 954. The molecule has 1 heterocycles. The van der Waals surface area contributed by atoms with Crippen molar-refractivity contribution >= 4 is 17.3 Å². The van der Waals surface area contributed by atoms with Crippen molar-refractivity contribution in [3.8, 4) is 11.6 Å². The molecule has 3 rings (SSSR count). The molecule has 0 atom stereocenters. The van der Waals surface area contributed by atoms with E-state index >= 15 is 0 Å². The molecule has 136 valence electrons. The van der Waals surface area contributed by atoms with Crippen LogP contribution in [-0.4, -0.2) is 15.8 Å². The van der Waals surface area contributed by atoms with E-state index in [4.69, 9.17) is 4.74 Å². The summed E-state index contributed by atoms with van der Waals surface area (Å²) in [6.07, 6.45) is 1.37. The number of pyridine rings is 1. The number of nitro groups is 1. The topological polar surface area (TPSA) is 94.4 Å². The number of benzene rings is 2. The molecule has 7 heteroatoms. The van der Waals surface area contributed by atoms with Crippen molar-refractivity contribution < 1.29 is 14.5 Å². The molecule has 7 nitrogen and oxygen atoms in total. The van der Waals surface area contributed by atoms with Crippen LogP contribution in [0.5, 0.6) is 11.6 Å². The smallest absolute Gasteiger partial charge is 0.273 e. The lowest BCUT2D eigenvalue weighted by molar-refractivity contribution is -0.385. The summed E-state index contributed by atoms with van der Waals surface area (Å²) < 4.78 is 5.63. The van der Waals surface area contributed by atoms with Gasteiger partial charge in [-0.1, -0.05) is 35.9 Å². The summed E-state index contributed by atoms with van der Waals surface area (Å²) in [5.74, 6) is 0.704. The summed E-state index contributed by atoms with van der Waals surface area (Å²) in [7, 11) is 0. The van der Waals surface area contributed by atoms with Crippen molar-refractivity contribution in [2.75, 3.05) is 5.32 Å². The van der Waals surface area contributed by atoms with Gasteiger partial charge in [-0.3, -0.25) is 14.9 Å². The summed E-state index contributed by atoms with van der Waals surface area (Å²) in [6.45, 7) is 1.99. The third-order valence-corrected chi connectivity index (χ3v) is 3.80. The summed E-state index contributed by atoms with van der Waals surface area (Å²) in [5.41, 5.74) is 1.89. The Balaban J connectivity index is 1.62. The molecule has 0 aliphatic heterocycles. The lowest BCUT2D eigenvalue weighted by Gasteiger charge is -2.08. The van der Waals surface area contributed by atoms with Crippen LogP contribution in [-0.2, 0) is 11.2 Å². The quantitative estimate of drug-likeness (QED) is 0.521. The maximum absolute atomic E-state index is 12.2. The number of aromatic nitrogens is 1. The van der Waals surface area contributed by atoms with Gasteiger partial charge in [-0.2, -0.15) is 0 Å². The Morgan fingerprint density at radius 1 is 1.11 bits per heavy atom. The minimum absolute atomic E-state index is 0.0763. The Morgan fingerprint density at radius 3 is 2.52 bits per heavy atom. The second-order valence-corrected chi connectivity index (χ2v) is 5.91. The van der Waals surface area contributed by atoms with E-state index < -0.39 is 4.92 Å². The average molecular weight is 363 g/mol. The van der Waals surface area contributed by atoms with Crippen molar-refractivity contribution in [3.05, 3.63) is 88.1 Å². The van der Waals surface area contributed by atoms with E-state index in [2.05, 4.69) is 10.3 Å². The third kappa shape index (κ3) is 4.88. The SMILES string of the molecule is Cc1ccc(Oc2ccc(NC(=O)Cc3ccccc3[N+](=O)[O-])cn2)cc1. The molecule has 0 saturated heterocycles. The Morgan fingerprint density at radius 2 is 1.85 bits per heavy atom. The molecular weight excluding hydrogens is 346 g/mol. The Kier molecular flexibility index (Phi) is 5.41. The van der Waals surface area contributed by atoms with Crippen LogP contribution in [0.3, 0.4) is 0 Å². The molecule has 0 radical (unpaired) electrons. The lowest BCUT2D eigenvalue weighted by atomic mass is 10.1. The molecule has 0 bridgehead atoms. The van der Waals surface area contributed by atoms with Gasteiger partial charge in [0.2, 0.25) is 11.8 Å².